The summed E-state index contributed by atoms with van der Waals surface area (Å²) in [6, 6.07) is 25.7. The van der Waals surface area contributed by atoms with Crippen molar-refractivity contribution < 1.29 is 24.5 Å². The maximum absolute atomic E-state index is 13.0. The molecule has 2 heterocycles. The summed E-state index contributed by atoms with van der Waals surface area (Å²) in [6.45, 7) is 5.36. The Kier molecular flexibility index (Phi) is 12.9. The van der Waals surface area contributed by atoms with Crippen LogP contribution in [-0.2, 0) is 32.0 Å². The summed E-state index contributed by atoms with van der Waals surface area (Å²) >= 11 is 12.7. The summed E-state index contributed by atoms with van der Waals surface area (Å²) < 4.78 is 11.7. The molecule has 0 saturated carbocycles. The standard InChI is InChI=1S/C33H37Cl2N3O4.ClH.H2O/c1-2-41-31(40)36-32(26-11-7-4-8-12-26)15-18-37(19-16-32)20-17-33(27-13-14-28(34)29(35)21-27)24-38(30(39)23-42-33)22-25-9-5-3-6-10-25;;/h3-14,21H,2,15-20,22-24H2,1H3,(H,36,40);1H;1H2. The monoisotopic (exact) mass is 663 g/mol. The van der Waals surface area contributed by atoms with E-state index < -0.39 is 17.2 Å². The fraction of sp³-hybridized carbons (Fsp3) is 0.394. The molecular formula is C33H40Cl3N3O5. The highest BCUT2D eigenvalue weighted by Gasteiger charge is 2.43. The van der Waals surface area contributed by atoms with Crippen molar-refractivity contribution in [3.63, 3.8) is 0 Å². The van der Waals surface area contributed by atoms with Crippen LogP contribution in [0.15, 0.2) is 78.9 Å². The van der Waals surface area contributed by atoms with Crippen molar-refractivity contribution in [1.82, 2.24) is 15.1 Å². The quantitative estimate of drug-likeness (QED) is 0.304. The molecule has 0 radical (unpaired) electrons. The molecule has 0 aliphatic carbocycles. The van der Waals surface area contributed by atoms with Crippen LogP contribution in [0, 0.1) is 0 Å². The molecule has 11 heteroatoms. The highest BCUT2D eigenvalue weighted by Crippen LogP contribution is 2.39. The van der Waals surface area contributed by atoms with Crippen LogP contribution in [0.4, 0.5) is 4.79 Å². The lowest BCUT2D eigenvalue weighted by molar-refractivity contribution is -0.169. The zero-order valence-electron chi connectivity index (χ0n) is 24.8. The van der Waals surface area contributed by atoms with E-state index >= 15 is 0 Å². The number of ether oxygens (including phenoxy) is 2. The minimum atomic E-state index is -0.742. The van der Waals surface area contributed by atoms with E-state index in [4.69, 9.17) is 32.7 Å². The van der Waals surface area contributed by atoms with Crippen LogP contribution in [0.5, 0.6) is 0 Å². The maximum atomic E-state index is 13.0. The van der Waals surface area contributed by atoms with E-state index in [1.807, 2.05) is 72.5 Å². The van der Waals surface area contributed by atoms with Gasteiger partial charge in [0.25, 0.3) is 0 Å². The third-order valence-electron chi connectivity index (χ3n) is 8.42. The fourth-order valence-electron chi connectivity index (χ4n) is 6.03. The maximum Gasteiger partial charge on any atom is 0.407 e. The van der Waals surface area contributed by atoms with Crippen molar-refractivity contribution in [3.05, 3.63) is 106 Å². The van der Waals surface area contributed by atoms with Crippen molar-refractivity contribution in [1.29, 1.82) is 0 Å². The predicted molar refractivity (Wildman–Crippen MR) is 175 cm³/mol. The van der Waals surface area contributed by atoms with Crippen molar-refractivity contribution in [2.24, 2.45) is 0 Å². The molecule has 2 aliphatic rings. The smallest absolute Gasteiger partial charge is 0.407 e. The average Bonchev–Trinajstić information content (AvgIpc) is 3.01. The van der Waals surface area contributed by atoms with Crippen LogP contribution in [0.2, 0.25) is 10.0 Å². The molecule has 2 aliphatic heterocycles. The second-order valence-electron chi connectivity index (χ2n) is 11.0. The molecule has 1 atom stereocenters. The Morgan fingerprint density at radius 3 is 2.25 bits per heavy atom. The molecule has 2 saturated heterocycles. The highest BCUT2D eigenvalue weighted by molar-refractivity contribution is 6.42. The van der Waals surface area contributed by atoms with Crippen LogP contribution in [-0.4, -0.2) is 66.7 Å². The molecule has 3 aromatic carbocycles. The van der Waals surface area contributed by atoms with Crippen molar-refractivity contribution >= 4 is 47.6 Å². The van der Waals surface area contributed by atoms with Gasteiger partial charge in [-0.15, -0.1) is 12.4 Å². The van der Waals surface area contributed by atoms with Gasteiger partial charge in [0.15, 0.2) is 0 Å². The Morgan fingerprint density at radius 1 is 0.955 bits per heavy atom. The van der Waals surface area contributed by atoms with Gasteiger partial charge in [-0.3, -0.25) is 4.79 Å². The molecule has 44 heavy (non-hydrogen) atoms. The Bertz CT molecular complexity index is 1370. The van der Waals surface area contributed by atoms with Crippen LogP contribution < -0.4 is 5.32 Å². The second kappa shape index (κ2) is 15.9. The lowest BCUT2D eigenvalue weighted by Crippen LogP contribution is -2.55. The van der Waals surface area contributed by atoms with Crippen LogP contribution in [0.25, 0.3) is 0 Å². The van der Waals surface area contributed by atoms with Gasteiger partial charge in [-0.1, -0.05) is 89.9 Å². The van der Waals surface area contributed by atoms with Crippen LogP contribution in [0.3, 0.4) is 0 Å². The number of amides is 2. The Labute approximate surface area is 275 Å². The number of benzene rings is 3. The molecule has 2 fully saturated rings. The van der Waals surface area contributed by atoms with Gasteiger partial charge in [0.05, 0.1) is 28.7 Å². The lowest BCUT2D eigenvalue weighted by atomic mass is 9.80. The van der Waals surface area contributed by atoms with Gasteiger partial charge in [0.2, 0.25) is 5.91 Å². The number of hydrogen-bond acceptors (Lipinski definition) is 5. The van der Waals surface area contributed by atoms with Gasteiger partial charge < -0.3 is 30.1 Å². The van der Waals surface area contributed by atoms with Crippen molar-refractivity contribution in [2.45, 2.75) is 43.9 Å². The zero-order valence-corrected chi connectivity index (χ0v) is 27.1. The van der Waals surface area contributed by atoms with Gasteiger partial charge in [-0.05, 0) is 55.0 Å². The van der Waals surface area contributed by atoms with E-state index in [0.717, 1.165) is 49.2 Å². The number of piperidine rings is 1. The number of carbonyl (C=O) groups excluding carboxylic acids is 2. The summed E-state index contributed by atoms with van der Waals surface area (Å²) in [5.74, 6) is -0.0369. The number of nitrogens with zero attached hydrogens (tertiary/aromatic N) is 2. The zero-order chi connectivity index (χ0) is 29.6. The van der Waals surface area contributed by atoms with E-state index in [9.17, 15) is 9.59 Å². The highest BCUT2D eigenvalue weighted by atomic mass is 35.5. The number of nitrogens with one attached hydrogen (secondary N) is 1. The van der Waals surface area contributed by atoms with Crippen molar-refractivity contribution in [2.75, 3.05) is 39.4 Å². The Hall–Kier alpha value is -2.85. The van der Waals surface area contributed by atoms with Gasteiger partial charge in [0.1, 0.15) is 12.2 Å². The molecule has 3 aromatic rings. The molecule has 1 unspecified atom stereocenters. The predicted octanol–water partition coefficient (Wildman–Crippen LogP) is 5.97. The lowest BCUT2D eigenvalue weighted by Gasteiger charge is -2.46. The minimum absolute atomic E-state index is 0. The van der Waals surface area contributed by atoms with Crippen LogP contribution >= 0.6 is 35.6 Å². The first kappa shape index (κ1) is 35.6. The van der Waals surface area contributed by atoms with E-state index in [2.05, 4.69) is 22.3 Å². The van der Waals surface area contributed by atoms with Crippen molar-refractivity contribution in [3.8, 4) is 0 Å². The third-order valence-corrected chi connectivity index (χ3v) is 9.16. The molecule has 0 bridgehead atoms. The molecule has 8 nitrogen and oxygen atoms in total. The van der Waals surface area contributed by atoms with E-state index in [1.165, 1.54) is 0 Å². The number of rotatable bonds is 9. The summed E-state index contributed by atoms with van der Waals surface area (Å²) in [4.78, 5) is 29.8. The summed E-state index contributed by atoms with van der Waals surface area (Å²) in [6.07, 6.45) is 1.75. The number of halogens is 3. The van der Waals surface area contributed by atoms with E-state index in [0.29, 0.717) is 36.2 Å². The Morgan fingerprint density at radius 2 is 1.61 bits per heavy atom. The summed E-state index contributed by atoms with van der Waals surface area (Å²) in [7, 11) is 0. The number of alkyl carbamates (subject to hydrolysis) is 1. The number of morpholine rings is 1. The molecule has 0 spiro atoms. The largest absolute Gasteiger partial charge is 0.450 e. The van der Waals surface area contributed by atoms with Crippen LogP contribution in [0.1, 0.15) is 42.9 Å². The molecule has 3 N–H and O–H groups in total. The molecule has 2 amide bonds. The molecular weight excluding hydrogens is 625 g/mol. The Balaban J connectivity index is 0.00000264. The van der Waals surface area contributed by atoms with Gasteiger partial charge in [0, 0.05) is 26.2 Å². The molecule has 238 valence electrons. The first-order chi connectivity index (χ1) is 20.3. The first-order valence-corrected chi connectivity index (χ1v) is 15.2. The first-order valence-electron chi connectivity index (χ1n) is 14.5. The average molecular weight is 665 g/mol. The minimum Gasteiger partial charge on any atom is -0.450 e. The third kappa shape index (κ3) is 8.24. The normalized spacial score (nSPS) is 19.8. The van der Waals surface area contributed by atoms with Gasteiger partial charge in [-0.25, -0.2) is 4.79 Å². The molecule has 5 rings (SSSR count). The van der Waals surface area contributed by atoms with Gasteiger partial charge >= 0.3 is 6.09 Å². The summed E-state index contributed by atoms with van der Waals surface area (Å²) in [5.41, 5.74) is 1.82. The second-order valence-corrected chi connectivity index (χ2v) is 11.8. The SMILES string of the molecule is CCOC(=O)NC1(c2ccccc2)CCN(CCC2(c3ccc(Cl)c(Cl)c3)CN(Cc3ccccc3)C(=O)CO2)CC1.Cl.O. The fourth-order valence-corrected chi connectivity index (χ4v) is 6.33. The number of hydrogen-bond donors (Lipinski definition) is 1. The number of likely N-dealkylation sites (tertiary alicyclic amines) is 1. The van der Waals surface area contributed by atoms with E-state index in [1.54, 1.807) is 6.07 Å². The number of carbonyl (C=O) groups is 2. The summed E-state index contributed by atoms with van der Waals surface area (Å²) in [5, 5.41) is 4.11. The van der Waals surface area contributed by atoms with E-state index in [-0.39, 0.29) is 30.4 Å². The van der Waals surface area contributed by atoms with Gasteiger partial charge in [-0.2, -0.15) is 0 Å². The topological polar surface area (TPSA) is 103 Å². The molecule has 0 aromatic heterocycles.